The summed E-state index contributed by atoms with van der Waals surface area (Å²) < 4.78 is 2.21. The zero-order valence-corrected chi connectivity index (χ0v) is 10.3. The summed E-state index contributed by atoms with van der Waals surface area (Å²) in [6.45, 7) is 6.69. The summed E-state index contributed by atoms with van der Waals surface area (Å²) in [4.78, 5) is 2.51. The van der Waals surface area contributed by atoms with Gasteiger partial charge in [0.05, 0.1) is 11.7 Å². The predicted octanol–water partition coefficient (Wildman–Crippen LogP) is 1.26. The molecule has 0 amide bonds. The van der Waals surface area contributed by atoms with Crippen molar-refractivity contribution in [2.24, 2.45) is 0 Å². The van der Waals surface area contributed by atoms with Crippen molar-refractivity contribution in [3.8, 4) is 0 Å². The molecule has 2 rings (SSSR count). The van der Waals surface area contributed by atoms with Gasteiger partial charge in [0, 0.05) is 19.3 Å². The first-order valence-corrected chi connectivity index (χ1v) is 6.24. The first-order chi connectivity index (χ1) is 7.85. The van der Waals surface area contributed by atoms with Gasteiger partial charge >= 0.3 is 0 Å². The standard InChI is InChI=1S/C12H22N4/c1-3-15-8-4-5-12(10-15)16-11(9-13-2)6-7-14-16/h6-7,12-13H,3-5,8-10H2,1-2H3. The van der Waals surface area contributed by atoms with Crippen molar-refractivity contribution in [3.63, 3.8) is 0 Å². The van der Waals surface area contributed by atoms with Crippen LogP contribution in [0.2, 0.25) is 0 Å². The van der Waals surface area contributed by atoms with Crippen molar-refractivity contribution in [2.75, 3.05) is 26.7 Å². The normalized spacial score (nSPS) is 22.5. The van der Waals surface area contributed by atoms with E-state index in [2.05, 4.69) is 33.0 Å². The second kappa shape index (κ2) is 5.46. The zero-order valence-electron chi connectivity index (χ0n) is 10.3. The number of likely N-dealkylation sites (tertiary alicyclic amines) is 1. The Morgan fingerprint density at radius 3 is 3.19 bits per heavy atom. The topological polar surface area (TPSA) is 33.1 Å². The Morgan fingerprint density at radius 2 is 2.44 bits per heavy atom. The summed E-state index contributed by atoms with van der Waals surface area (Å²) in [6, 6.07) is 2.67. The van der Waals surface area contributed by atoms with Crippen LogP contribution in [0.4, 0.5) is 0 Å². The van der Waals surface area contributed by atoms with Crippen molar-refractivity contribution in [1.82, 2.24) is 20.0 Å². The van der Waals surface area contributed by atoms with Crippen LogP contribution in [-0.2, 0) is 6.54 Å². The Morgan fingerprint density at radius 1 is 1.56 bits per heavy atom. The van der Waals surface area contributed by atoms with E-state index in [0.717, 1.165) is 19.6 Å². The molecular weight excluding hydrogens is 200 g/mol. The van der Waals surface area contributed by atoms with Gasteiger partial charge in [-0.1, -0.05) is 6.92 Å². The van der Waals surface area contributed by atoms with Gasteiger partial charge in [-0.15, -0.1) is 0 Å². The number of piperidine rings is 1. The lowest BCUT2D eigenvalue weighted by atomic mass is 10.1. The molecule has 1 aliphatic heterocycles. The second-order valence-electron chi connectivity index (χ2n) is 4.49. The van der Waals surface area contributed by atoms with E-state index in [-0.39, 0.29) is 0 Å². The molecule has 2 heterocycles. The van der Waals surface area contributed by atoms with Crippen LogP contribution < -0.4 is 5.32 Å². The summed E-state index contributed by atoms with van der Waals surface area (Å²) in [5, 5.41) is 7.68. The molecule has 1 saturated heterocycles. The summed E-state index contributed by atoms with van der Waals surface area (Å²) in [5.74, 6) is 0. The number of rotatable bonds is 4. The van der Waals surface area contributed by atoms with Crippen LogP contribution in [0.1, 0.15) is 31.5 Å². The minimum Gasteiger partial charge on any atom is -0.314 e. The van der Waals surface area contributed by atoms with E-state index in [1.54, 1.807) is 0 Å². The highest BCUT2D eigenvalue weighted by Gasteiger charge is 2.21. The highest BCUT2D eigenvalue weighted by molar-refractivity contribution is 5.02. The molecule has 0 aromatic carbocycles. The first-order valence-electron chi connectivity index (χ1n) is 6.24. The van der Waals surface area contributed by atoms with Crippen LogP contribution in [0, 0.1) is 0 Å². The Hall–Kier alpha value is -0.870. The summed E-state index contributed by atoms with van der Waals surface area (Å²) >= 11 is 0. The van der Waals surface area contributed by atoms with Gasteiger partial charge in [0.1, 0.15) is 0 Å². The van der Waals surface area contributed by atoms with Crippen molar-refractivity contribution in [2.45, 2.75) is 32.4 Å². The monoisotopic (exact) mass is 222 g/mol. The first kappa shape index (κ1) is 11.6. The molecule has 0 radical (unpaired) electrons. The lowest BCUT2D eigenvalue weighted by molar-refractivity contribution is 0.175. The van der Waals surface area contributed by atoms with Crippen LogP contribution in [-0.4, -0.2) is 41.4 Å². The molecule has 1 aromatic heterocycles. The van der Waals surface area contributed by atoms with Crippen LogP contribution in [0.25, 0.3) is 0 Å². The molecular formula is C12H22N4. The second-order valence-corrected chi connectivity index (χ2v) is 4.49. The lowest BCUT2D eigenvalue weighted by Gasteiger charge is -2.32. The highest BCUT2D eigenvalue weighted by Crippen LogP contribution is 2.21. The molecule has 0 saturated carbocycles. The van der Waals surface area contributed by atoms with E-state index in [1.807, 2.05) is 13.2 Å². The molecule has 1 atom stereocenters. The molecule has 1 aliphatic rings. The van der Waals surface area contributed by atoms with Crippen LogP contribution in [0.5, 0.6) is 0 Å². The van der Waals surface area contributed by atoms with Gasteiger partial charge in [-0.3, -0.25) is 4.68 Å². The van der Waals surface area contributed by atoms with Gasteiger partial charge in [-0.05, 0) is 39.0 Å². The lowest BCUT2D eigenvalue weighted by Crippen LogP contribution is -2.37. The van der Waals surface area contributed by atoms with E-state index in [1.165, 1.54) is 25.1 Å². The number of nitrogens with zero attached hydrogens (tertiary/aromatic N) is 3. The SMILES string of the molecule is CCN1CCCC(n2nccc2CNC)C1. The molecule has 1 fully saturated rings. The maximum atomic E-state index is 4.48. The minimum absolute atomic E-state index is 0.562. The Bertz CT molecular complexity index is 321. The fourth-order valence-electron chi connectivity index (χ4n) is 2.51. The third-order valence-electron chi connectivity index (χ3n) is 3.38. The van der Waals surface area contributed by atoms with Crippen molar-refractivity contribution in [1.29, 1.82) is 0 Å². The molecule has 1 N–H and O–H groups in total. The van der Waals surface area contributed by atoms with E-state index >= 15 is 0 Å². The minimum atomic E-state index is 0.562. The van der Waals surface area contributed by atoms with Crippen LogP contribution in [0.3, 0.4) is 0 Å². The summed E-state index contributed by atoms with van der Waals surface area (Å²) in [6.07, 6.45) is 4.46. The van der Waals surface area contributed by atoms with E-state index in [9.17, 15) is 0 Å². The van der Waals surface area contributed by atoms with Gasteiger partial charge in [-0.2, -0.15) is 5.10 Å². The smallest absolute Gasteiger partial charge is 0.0650 e. The molecule has 16 heavy (non-hydrogen) atoms. The Kier molecular flexibility index (Phi) is 3.96. The Labute approximate surface area is 97.6 Å². The quantitative estimate of drug-likeness (QED) is 0.832. The number of likely N-dealkylation sites (N-methyl/N-ethyl adjacent to an activating group) is 1. The number of aromatic nitrogens is 2. The van der Waals surface area contributed by atoms with Crippen molar-refractivity contribution < 1.29 is 0 Å². The van der Waals surface area contributed by atoms with Crippen molar-refractivity contribution in [3.05, 3.63) is 18.0 Å². The maximum absolute atomic E-state index is 4.48. The maximum Gasteiger partial charge on any atom is 0.0650 e. The summed E-state index contributed by atoms with van der Waals surface area (Å²) in [7, 11) is 1.98. The third-order valence-corrected chi connectivity index (χ3v) is 3.38. The fraction of sp³-hybridized carbons (Fsp3) is 0.750. The molecule has 0 bridgehead atoms. The molecule has 4 heteroatoms. The third kappa shape index (κ3) is 2.44. The predicted molar refractivity (Wildman–Crippen MR) is 65.4 cm³/mol. The van der Waals surface area contributed by atoms with Crippen LogP contribution >= 0.6 is 0 Å². The van der Waals surface area contributed by atoms with Crippen LogP contribution in [0.15, 0.2) is 12.3 Å². The Balaban J connectivity index is 2.07. The van der Waals surface area contributed by atoms with Gasteiger partial charge in [0.2, 0.25) is 0 Å². The molecule has 4 nitrogen and oxygen atoms in total. The van der Waals surface area contributed by atoms with Gasteiger partial charge < -0.3 is 10.2 Å². The van der Waals surface area contributed by atoms with E-state index < -0.39 is 0 Å². The van der Waals surface area contributed by atoms with Crippen molar-refractivity contribution >= 4 is 0 Å². The molecule has 1 aromatic rings. The number of hydrogen-bond donors (Lipinski definition) is 1. The average molecular weight is 222 g/mol. The van der Waals surface area contributed by atoms with Gasteiger partial charge in [0.15, 0.2) is 0 Å². The molecule has 1 unspecified atom stereocenters. The fourth-order valence-corrected chi connectivity index (χ4v) is 2.51. The van der Waals surface area contributed by atoms with E-state index in [0.29, 0.717) is 6.04 Å². The zero-order chi connectivity index (χ0) is 11.4. The van der Waals surface area contributed by atoms with Gasteiger partial charge in [0.25, 0.3) is 0 Å². The molecule has 0 spiro atoms. The molecule has 90 valence electrons. The average Bonchev–Trinajstić information content (AvgIpc) is 2.78. The van der Waals surface area contributed by atoms with E-state index in [4.69, 9.17) is 0 Å². The molecule has 0 aliphatic carbocycles. The van der Waals surface area contributed by atoms with Gasteiger partial charge in [-0.25, -0.2) is 0 Å². The number of hydrogen-bond acceptors (Lipinski definition) is 3. The highest BCUT2D eigenvalue weighted by atomic mass is 15.3. The summed E-state index contributed by atoms with van der Waals surface area (Å²) in [5.41, 5.74) is 1.30. The number of nitrogens with one attached hydrogen (secondary N) is 1. The largest absolute Gasteiger partial charge is 0.314 e.